The van der Waals surface area contributed by atoms with Crippen LogP contribution in [0, 0.1) is 0 Å². The molecule has 144 valence electrons. The zero-order valence-electron chi connectivity index (χ0n) is 16.6. The van der Waals surface area contributed by atoms with Crippen molar-refractivity contribution in [3.63, 3.8) is 0 Å². The van der Waals surface area contributed by atoms with Crippen LogP contribution in [-0.4, -0.2) is 24.7 Å². The van der Waals surface area contributed by atoms with Crippen molar-refractivity contribution < 1.29 is 0 Å². The van der Waals surface area contributed by atoms with Gasteiger partial charge in [0.1, 0.15) is 11.6 Å². The first kappa shape index (κ1) is 19.3. The predicted molar refractivity (Wildman–Crippen MR) is 114 cm³/mol. The van der Waals surface area contributed by atoms with E-state index in [1.807, 2.05) is 51.5 Å². The quantitative estimate of drug-likeness (QED) is 0.551. The van der Waals surface area contributed by atoms with Crippen LogP contribution in [-0.2, 0) is 13.5 Å². The summed E-state index contributed by atoms with van der Waals surface area (Å²) in [6.07, 6.45) is 9.92. The Bertz CT molecular complexity index is 1090. The van der Waals surface area contributed by atoms with Crippen LogP contribution in [0.15, 0.2) is 49.2 Å². The Hall–Kier alpha value is -3.48. The van der Waals surface area contributed by atoms with Crippen molar-refractivity contribution in [2.75, 3.05) is 11.1 Å². The van der Waals surface area contributed by atoms with E-state index in [9.17, 15) is 0 Å². The lowest BCUT2D eigenvalue weighted by Crippen LogP contribution is -1.99. The van der Waals surface area contributed by atoms with Crippen molar-refractivity contribution in [1.29, 1.82) is 0 Å². The van der Waals surface area contributed by atoms with Gasteiger partial charge >= 0.3 is 0 Å². The molecule has 7 nitrogen and oxygen atoms in total. The Balaban J connectivity index is 0.00000109. The van der Waals surface area contributed by atoms with Crippen LogP contribution >= 0.6 is 0 Å². The van der Waals surface area contributed by atoms with E-state index in [1.54, 1.807) is 23.3 Å². The van der Waals surface area contributed by atoms with E-state index in [4.69, 9.17) is 5.73 Å². The van der Waals surface area contributed by atoms with E-state index < -0.39 is 0 Å². The second-order valence-electron chi connectivity index (χ2n) is 6.10. The largest absolute Gasteiger partial charge is 0.383 e. The number of nitrogens with one attached hydrogen (secondary N) is 1. The molecule has 0 aliphatic heterocycles. The van der Waals surface area contributed by atoms with Crippen LogP contribution in [0.5, 0.6) is 0 Å². The fourth-order valence-corrected chi connectivity index (χ4v) is 2.98. The SMILES string of the molecule is CC.CCc1ccncc1-c1cc2cc(Nc3cnn(C)c3)ncc2c(N)n1. The van der Waals surface area contributed by atoms with Gasteiger partial charge in [0.2, 0.25) is 0 Å². The van der Waals surface area contributed by atoms with E-state index in [1.165, 1.54) is 5.56 Å². The van der Waals surface area contributed by atoms with Gasteiger partial charge in [0, 0.05) is 42.8 Å². The fraction of sp³-hybridized carbons (Fsp3) is 0.238. The number of hydrogen-bond donors (Lipinski definition) is 2. The molecule has 0 saturated heterocycles. The lowest BCUT2D eigenvalue weighted by atomic mass is 10.0. The number of pyridine rings is 3. The molecule has 4 rings (SSSR count). The first-order valence-electron chi connectivity index (χ1n) is 9.39. The van der Waals surface area contributed by atoms with Crippen molar-refractivity contribution in [2.24, 2.45) is 7.05 Å². The van der Waals surface area contributed by atoms with Crippen LogP contribution in [0.4, 0.5) is 17.3 Å². The van der Waals surface area contributed by atoms with E-state index in [0.29, 0.717) is 5.82 Å². The molecule has 0 radical (unpaired) electrons. The zero-order chi connectivity index (χ0) is 20.1. The van der Waals surface area contributed by atoms with Crippen molar-refractivity contribution in [2.45, 2.75) is 27.2 Å². The maximum atomic E-state index is 6.19. The molecule has 28 heavy (non-hydrogen) atoms. The highest BCUT2D eigenvalue weighted by Gasteiger charge is 2.10. The zero-order valence-corrected chi connectivity index (χ0v) is 16.6. The Labute approximate surface area is 164 Å². The molecule has 4 aromatic heterocycles. The van der Waals surface area contributed by atoms with Crippen LogP contribution in [0.1, 0.15) is 26.3 Å². The maximum absolute atomic E-state index is 6.19. The van der Waals surface area contributed by atoms with Crippen molar-refractivity contribution >= 4 is 28.1 Å². The molecule has 0 unspecified atom stereocenters. The van der Waals surface area contributed by atoms with Crippen LogP contribution in [0.25, 0.3) is 22.0 Å². The first-order valence-corrected chi connectivity index (χ1v) is 9.39. The van der Waals surface area contributed by atoms with Crippen molar-refractivity contribution in [1.82, 2.24) is 24.7 Å². The highest BCUT2D eigenvalue weighted by Crippen LogP contribution is 2.29. The Morgan fingerprint density at radius 3 is 2.68 bits per heavy atom. The van der Waals surface area contributed by atoms with Crippen LogP contribution in [0.2, 0.25) is 0 Å². The average molecular weight is 375 g/mol. The van der Waals surface area contributed by atoms with E-state index >= 15 is 0 Å². The minimum Gasteiger partial charge on any atom is -0.383 e. The summed E-state index contributed by atoms with van der Waals surface area (Å²) in [5, 5.41) is 9.20. The highest BCUT2D eigenvalue weighted by atomic mass is 15.3. The normalized spacial score (nSPS) is 10.4. The Kier molecular flexibility index (Phi) is 5.84. The van der Waals surface area contributed by atoms with E-state index in [0.717, 1.165) is 40.0 Å². The molecule has 0 amide bonds. The summed E-state index contributed by atoms with van der Waals surface area (Å²) in [5.41, 5.74) is 10.1. The van der Waals surface area contributed by atoms with Gasteiger partial charge in [-0.25, -0.2) is 9.97 Å². The summed E-state index contributed by atoms with van der Waals surface area (Å²) in [6.45, 7) is 6.11. The average Bonchev–Trinajstić information content (AvgIpc) is 3.13. The molecule has 4 aromatic rings. The molecule has 0 aliphatic carbocycles. The number of fused-ring (bicyclic) bond motifs is 1. The summed E-state index contributed by atoms with van der Waals surface area (Å²) < 4.78 is 1.73. The standard InChI is InChI=1S/C19H19N7.C2H6/c1-3-12-4-5-21-9-15(12)17-6-13-7-18(22-10-16(13)19(20)25-17)24-14-8-23-26(2)11-14;1-2/h4-11H,3H2,1-2H3,(H2,20,25)(H,22,24);1-2H3. The van der Waals surface area contributed by atoms with E-state index in [2.05, 4.69) is 32.3 Å². The molecule has 0 atom stereocenters. The Morgan fingerprint density at radius 1 is 1.14 bits per heavy atom. The molecule has 0 saturated carbocycles. The van der Waals surface area contributed by atoms with Crippen molar-refractivity contribution in [3.05, 3.63) is 54.7 Å². The number of aromatic nitrogens is 5. The highest BCUT2D eigenvalue weighted by molar-refractivity contribution is 5.94. The lowest BCUT2D eigenvalue weighted by molar-refractivity contribution is 0.768. The molecular formula is C21H25N7. The third-order valence-electron chi connectivity index (χ3n) is 4.29. The predicted octanol–water partition coefficient (Wildman–Crippen LogP) is 4.34. The number of anilines is 3. The summed E-state index contributed by atoms with van der Waals surface area (Å²) in [5.74, 6) is 1.19. The lowest BCUT2D eigenvalue weighted by Gasteiger charge is -2.10. The van der Waals surface area contributed by atoms with Gasteiger partial charge in [-0.05, 0) is 35.6 Å². The number of rotatable bonds is 4. The smallest absolute Gasteiger partial charge is 0.133 e. The van der Waals surface area contributed by atoms with Crippen LogP contribution in [0.3, 0.4) is 0 Å². The molecule has 0 fully saturated rings. The first-order chi connectivity index (χ1) is 13.6. The monoisotopic (exact) mass is 375 g/mol. The van der Waals surface area contributed by atoms with Gasteiger partial charge in [0.25, 0.3) is 0 Å². The van der Waals surface area contributed by atoms with Crippen molar-refractivity contribution in [3.8, 4) is 11.3 Å². The van der Waals surface area contributed by atoms with Gasteiger partial charge in [-0.15, -0.1) is 0 Å². The molecule has 3 N–H and O–H groups in total. The van der Waals surface area contributed by atoms with Crippen LogP contribution < -0.4 is 11.1 Å². The molecule has 0 aromatic carbocycles. The summed E-state index contributed by atoms with van der Waals surface area (Å²) in [4.78, 5) is 13.2. The second kappa shape index (κ2) is 8.47. The summed E-state index contributed by atoms with van der Waals surface area (Å²) >= 11 is 0. The minimum atomic E-state index is 0.462. The maximum Gasteiger partial charge on any atom is 0.133 e. The molecule has 0 aliphatic rings. The van der Waals surface area contributed by atoms with Gasteiger partial charge in [0.05, 0.1) is 17.6 Å². The topological polar surface area (TPSA) is 94.5 Å². The van der Waals surface area contributed by atoms with Gasteiger partial charge in [-0.1, -0.05) is 20.8 Å². The third kappa shape index (κ3) is 3.93. The van der Waals surface area contributed by atoms with Gasteiger partial charge < -0.3 is 11.1 Å². The summed E-state index contributed by atoms with van der Waals surface area (Å²) in [6, 6.07) is 6.00. The molecule has 0 spiro atoms. The fourth-order valence-electron chi connectivity index (χ4n) is 2.98. The Morgan fingerprint density at radius 2 is 1.96 bits per heavy atom. The number of nitrogen functional groups attached to an aromatic ring is 1. The van der Waals surface area contributed by atoms with E-state index in [-0.39, 0.29) is 0 Å². The number of nitrogens with zero attached hydrogens (tertiary/aromatic N) is 5. The summed E-state index contributed by atoms with van der Waals surface area (Å²) in [7, 11) is 1.87. The number of aryl methyl sites for hydroxylation is 2. The molecule has 4 heterocycles. The second-order valence-corrected chi connectivity index (χ2v) is 6.10. The van der Waals surface area contributed by atoms with Gasteiger partial charge in [-0.3, -0.25) is 9.67 Å². The third-order valence-corrected chi connectivity index (χ3v) is 4.29. The van der Waals surface area contributed by atoms with Gasteiger partial charge in [0.15, 0.2) is 0 Å². The molecular weight excluding hydrogens is 350 g/mol. The molecule has 7 heteroatoms. The molecule has 0 bridgehead atoms. The number of nitrogens with two attached hydrogens (primary N) is 1. The minimum absolute atomic E-state index is 0.462. The number of hydrogen-bond acceptors (Lipinski definition) is 6. The van der Waals surface area contributed by atoms with Gasteiger partial charge in [-0.2, -0.15) is 5.10 Å².